The fraction of sp³-hybridized carbons (Fsp3) is 0.300. The molecule has 4 heteroatoms. The van der Waals surface area contributed by atoms with E-state index in [4.69, 9.17) is 5.84 Å². The first-order valence-electron chi connectivity index (χ1n) is 4.46. The number of halogens is 1. The highest BCUT2D eigenvalue weighted by Gasteiger charge is 2.03. The lowest BCUT2D eigenvalue weighted by molar-refractivity contribution is 0.618. The molecule has 3 nitrogen and oxygen atoms in total. The van der Waals surface area contributed by atoms with Gasteiger partial charge in [-0.3, -0.25) is 4.99 Å². The summed E-state index contributed by atoms with van der Waals surface area (Å²) in [6.07, 6.45) is 0. The Bertz CT molecular complexity index is 347. The molecule has 0 heterocycles. The molecule has 1 aromatic rings. The molecule has 0 aliphatic carbocycles. The fourth-order valence-corrected chi connectivity index (χ4v) is 1.12. The minimum atomic E-state index is -0.249. The van der Waals surface area contributed by atoms with Crippen LogP contribution in [-0.4, -0.2) is 12.4 Å². The van der Waals surface area contributed by atoms with Gasteiger partial charge in [0.15, 0.2) is 0 Å². The van der Waals surface area contributed by atoms with Crippen molar-refractivity contribution in [3.05, 3.63) is 35.1 Å². The minimum Gasteiger partial charge on any atom is -0.308 e. The quantitative estimate of drug-likeness (QED) is 0.324. The third-order valence-corrected chi connectivity index (χ3v) is 1.90. The van der Waals surface area contributed by atoms with Crippen molar-refractivity contribution < 1.29 is 4.39 Å². The highest BCUT2D eigenvalue weighted by atomic mass is 19.1. The molecule has 0 saturated carbocycles. The molecule has 3 N–H and O–H groups in total. The molecule has 0 radical (unpaired) electrons. The number of hydrazine groups is 1. The average Bonchev–Trinajstić information content (AvgIpc) is 2.19. The first-order chi connectivity index (χ1) is 6.69. The zero-order valence-electron chi connectivity index (χ0n) is 8.34. The van der Waals surface area contributed by atoms with E-state index in [9.17, 15) is 4.39 Å². The van der Waals surface area contributed by atoms with Crippen LogP contribution in [0.25, 0.3) is 0 Å². The maximum atomic E-state index is 13.2. The Morgan fingerprint density at radius 2 is 2.29 bits per heavy atom. The summed E-state index contributed by atoms with van der Waals surface area (Å²) in [5, 5.41) is 0. The second-order valence-corrected chi connectivity index (χ2v) is 2.93. The molecule has 0 spiro atoms. The SMILES string of the molecule is CCN=C(NN)c1ccc(C)c(F)c1. The lowest BCUT2D eigenvalue weighted by Gasteiger charge is -2.06. The second kappa shape index (κ2) is 4.72. The first kappa shape index (κ1) is 10.7. The predicted octanol–water partition coefficient (Wildman–Crippen LogP) is 1.36. The van der Waals surface area contributed by atoms with Gasteiger partial charge in [0.2, 0.25) is 0 Å². The number of benzene rings is 1. The van der Waals surface area contributed by atoms with Gasteiger partial charge in [-0.25, -0.2) is 10.2 Å². The van der Waals surface area contributed by atoms with Crippen LogP contribution in [0.5, 0.6) is 0 Å². The highest BCUT2D eigenvalue weighted by Crippen LogP contribution is 2.09. The Balaban J connectivity index is 3.06. The number of nitrogens with one attached hydrogen (secondary N) is 1. The van der Waals surface area contributed by atoms with E-state index in [-0.39, 0.29) is 5.82 Å². The van der Waals surface area contributed by atoms with Crippen molar-refractivity contribution in [3.63, 3.8) is 0 Å². The van der Waals surface area contributed by atoms with Crippen LogP contribution in [-0.2, 0) is 0 Å². The van der Waals surface area contributed by atoms with E-state index < -0.39 is 0 Å². The zero-order valence-corrected chi connectivity index (χ0v) is 8.34. The molecule has 0 amide bonds. The number of amidine groups is 1. The van der Waals surface area contributed by atoms with Crippen molar-refractivity contribution in [3.8, 4) is 0 Å². The van der Waals surface area contributed by atoms with Crippen LogP contribution >= 0.6 is 0 Å². The van der Waals surface area contributed by atoms with Gasteiger partial charge in [-0.1, -0.05) is 12.1 Å². The van der Waals surface area contributed by atoms with Crippen molar-refractivity contribution in [2.24, 2.45) is 10.8 Å². The van der Waals surface area contributed by atoms with Gasteiger partial charge in [0.1, 0.15) is 11.7 Å². The van der Waals surface area contributed by atoms with Crippen molar-refractivity contribution in [2.75, 3.05) is 6.54 Å². The van der Waals surface area contributed by atoms with Crippen LogP contribution in [0.4, 0.5) is 4.39 Å². The molecule has 0 unspecified atom stereocenters. The summed E-state index contributed by atoms with van der Waals surface area (Å²) in [5.41, 5.74) is 3.73. The normalized spacial score (nSPS) is 11.6. The molecular formula is C10H14FN3. The van der Waals surface area contributed by atoms with Gasteiger partial charge in [-0.05, 0) is 25.5 Å². The summed E-state index contributed by atoms with van der Waals surface area (Å²) < 4.78 is 13.2. The number of hydrogen-bond acceptors (Lipinski definition) is 2. The van der Waals surface area contributed by atoms with Gasteiger partial charge in [-0.2, -0.15) is 0 Å². The Kier molecular flexibility index (Phi) is 3.59. The van der Waals surface area contributed by atoms with E-state index >= 15 is 0 Å². The Morgan fingerprint density at radius 1 is 1.57 bits per heavy atom. The zero-order chi connectivity index (χ0) is 10.6. The highest BCUT2D eigenvalue weighted by molar-refractivity contribution is 5.98. The molecule has 0 fully saturated rings. The Labute approximate surface area is 82.8 Å². The topological polar surface area (TPSA) is 50.4 Å². The lowest BCUT2D eigenvalue weighted by Crippen LogP contribution is -2.31. The summed E-state index contributed by atoms with van der Waals surface area (Å²) in [6, 6.07) is 4.91. The molecule has 0 bridgehead atoms. The van der Waals surface area contributed by atoms with Crippen LogP contribution in [0.3, 0.4) is 0 Å². The largest absolute Gasteiger partial charge is 0.308 e. The standard InChI is InChI=1S/C10H14FN3/c1-3-13-10(14-12)8-5-4-7(2)9(11)6-8/h4-6H,3,12H2,1-2H3,(H,13,14). The number of aryl methyl sites for hydroxylation is 1. The van der Waals surface area contributed by atoms with Gasteiger partial charge in [0.25, 0.3) is 0 Å². The molecule has 1 aromatic carbocycles. The van der Waals surface area contributed by atoms with E-state index in [1.165, 1.54) is 6.07 Å². The molecule has 0 saturated heterocycles. The first-order valence-corrected chi connectivity index (χ1v) is 4.46. The maximum absolute atomic E-state index is 13.2. The summed E-state index contributed by atoms with van der Waals surface area (Å²) >= 11 is 0. The monoisotopic (exact) mass is 195 g/mol. The average molecular weight is 195 g/mol. The van der Waals surface area contributed by atoms with Crippen molar-refractivity contribution in [1.29, 1.82) is 0 Å². The van der Waals surface area contributed by atoms with Crippen LogP contribution in [0, 0.1) is 12.7 Å². The number of rotatable bonds is 2. The van der Waals surface area contributed by atoms with Crippen LogP contribution in [0.1, 0.15) is 18.1 Å². The molecule has 0 atom stereocenters. The van der Waals surface area contributed by atoms with E-state index in [0.717, 1.165) is 0 Å². The van der Waals surface area contributed by atoms with Gasteiger partial charge in [-0.15, -0.1) is 0 Å². The maximum Gasteiger partial charge on any atom is 0.142 e. The van der Waals surface area contributed by atoms with E-state index in [0.29, 0.717) is 23.5 Å². The van der Waals surface area contributed by atoms with Crippen LogP contribution in [0.15, 0.2) is 23.2 Å². The minimum absolute atomic E-state index is 0.249. The van der Waals surface area contributed by atoms with E-state index in [1.807, 2.05) is 6.92 Å². The second-order valence-electron chi connectivity index (χ2n) is 2.93. The molecule has 0 aliphatic rings. The fourth-order valence-electron chi connectivity index (χ4n) is 1.12. The summed E-state index contributed by atoms with van der Waals surface area (Å²) in [7, 11) is 0. The predicted molar refractivity (Wildman–Crippen MR) is 55.5 cm³/mol. The number of aliphatic imine (C=N–C) groups is 1. The van der Waals surface area contributed by atoms with Gasteiger partial charge >= 0.3 is 0 Å². The number of hydrogen-bond donors (Lipinski definition) is 2. The van der Waals surface area contributed by atoms with Crippen molar-refractivity contribution in [1.82, 2.24) is 5.43 Å². The summed E-state index contributed by atoms with van der Waals surface area (Å²) in [6.45, 7) is 4.21. The Morgan fingerprint density at radius 3 is 2.79 bits per heavy atom. The summed E-state index contributed by atoms with van der Waals surface area (Å²) in [4.78, 5) is 4.10. The third-order valence-electron chi connectivity index (χ3n) is 1.90. The molecule has 0 aromatic heterocycles. The molecular weight excluding hydrogens is 181 g/mol. The molecule has 14 heavy (non-hydrogen) atoms. The third kappa shape index (κ3) is 2.29. The summed E-state index contributed by atoms with van der Waals surface area (Å²) in [5.74, 6) is 5.53. The van der Waals surface area contributed by atoms with Crippen LogP contribution in [0.2, 0.25) is 0 Å². The van der Waals surface area contributed by atoms with Gasteiger partial charge in [0, 0.05) is 12.1 Å². The molecule has 76 valence electrons. The van der Waals surface area contributed by atoms with Crippen molar-refractivity contribution in [2.45, 2.75) is 13.8 Å². The van der Waals surface area contributed by atoms with Gasteiger partial charge in [0.05, 0.1) is 0 Å². The smallest absolute Gasteiger partial charge is 0.142 e. The van der Waals surface area contributed by atoms with Crippen LogP contribution < -0.4 is 11.3 Å². The van der Waals surface area contributed by atoms with E-state index in [1.54, 1.807) is 19.1 Å². The Hall–Kier alpha value is -1.42. The molecule has 1 rings (SSSR count). The van der Waals surface area contributed by atoms with Gasteiger partial charge < -0.3 is 5.43 Å². The lowest BCUT2D eigenvalue weighted by atomic mass is 10.1. The van der Waals surface area contributed by atoms with E-state index in [2.05, 4.69) is 10.4 Å². The van der Waals surface area contributed by atoms with Crippen molar-refractivity contribution >= 4 is 5.84 Å². The number of nitrogens with two attached hydrogens (primary N) is 1. The molecule has 0 aliphatic heterocycles. The number of nitrogens with zero attached hydrogens (tertiary/aromatic N) is 1.